The second-order valence-electron chi connectivity index (χ2n) is 8.21. The van der Waals surface area contributed by atoms with E-state index in [0.717, 1.165) is 41.5 Å². The Kier molecular flexibility index (Phi) is 5.20. The molecule has 6 bridgehead atoms. The first-order valence-electron chi connectivity index (χ1n) is 10.8. The second-order valence-corrected chi connectivity index (χ2v) is 8.21. The van der Waals surface area contributed by atoms with E-state index < -0.39 is 0 Å². The lowest BCUT2D eigenvalue weighted by atomic mass is 9.92. The molecule has 160 valence electrons. The maximum Gasteiger partial charge on any atom is 0.169 e. The molecule has 0 amide bonds. The van der Waals surface area contributed by atoms with Crippen LogP contribution in [0.15, 0.2) is 78.9 Å². The molecule has 0 saturated heterocycles. The second kappa shape index (κ2) is 8.31. The summed E-state index contributed by atoms with van der Waals surface area (Å²) >= 11 is 0. The van der Waals surface area contributed by atoms with Gasteiger partial charge >= 0.3 is 0 Å². The molecule has 0 spiro atoms. The van der Waals surface area contributed by atoms with E-state index in [1.54, 1.807) is 18.2 Å². The van der Waals surface area contributed by atoms with Gasteiger partial charge in [0, 0.05) is 11.1 Å². The molecule has 0 aromatic heterocycles. The van der Waals surface area contributed by atoms with Crippen molar-refractivity contribution in [2.45, 2.75) is 25.7 Å². The molecule has 4 aromatic carbocycles. The van der Waals surface area contributed by atoms with Crippen LogP contribution in [0, 0.1) is 0 Å². The number of aromatic hydroxyl groups is 3. The number of aryl methyl sites for hydroxylation is 4. The van der Waals surface area contributed by atoms with Crippen molar-refractivity contribution in [3.8, 4) is 39.9 Å². The number of rotatable bonds is 0. The van der Waals surface area contributed by atoms with Crippen LogP contribution in [0.4, 0.5) is 0 Å². The van der Waals surface area contributed by atoms with Gasteiger partial charge in [0.05, 0.1) is 0 Å². The van der Waals surface area contributed by atoms with E-state index in [0.29, 0.717) is 29.0 Å². The molecule has 2 aliphatic rings. The molecule has 3 N–H and O–H groups in total. The molecule has 0 fully saturated rings. The summed E-state index contributed by atoms with van der Waals surface area (Å²) in [6, 6.07) is 24.3. The number of ether oxygens (including phenoxy) is 1. The van der Waals surface area contributed by atoms with Gasteiger partial charge in [-0.25, -0.2) is 0 Å². The van der Waals surface area contributed by atoms with Crippen LogP contribution in [-0.4, -0.2) is 15.3 Å². The van der Waals surface area contributed by atoms with Crippen molar-refractivity contribution in [2.75, 3.05) is 0 Å². The molecule has 0 saturated carbocycles. The van der Waals surface area contributed by atoms with E-state index in [4.69, 9.17) is 4.74 Å². The minimum Gasteiger partial charge on any atom is -0.507 e. The average Bonchev–Trinajstić information content (AvgIpc) is 2.79. The number of phenols is 3. The summed E-state index contributed by atoms with van der Waals surface area (Å²) < 4.78 is 6.02. The number of hydrogen-bond donors (Lipinski definition) is 3. The normalized spacial score (nSPS) is 13.1. The van der Waals surface area contributed by atoms with Crippen molar-refractivity contribution in [3.05, 3.63) is 101 Å². The Morgan fingerprint density at radius 2 is 1.28 bits per heavy atom. The van der Waals surface area contributed by atoms with Crippen molar-refractivity contribution in [1.82, 2.24) is 0 Å². The van der Waals surface area contributed by atoms with E-state index >= 15 is 0 Å². The number of benzene rings is 4. The molecular weight excluding hydrogens is 400 g/mol. The Morgan fingerprint density at radius 1 is 0.562 bits per heavy atom. The first-order valence-corrected chi connectivity index (χ1v) is 10.8. The van der Waals surface area contributed by atoms with Gasteiger partial charge in [0.1, 0.15) is 17.2 Å². The summed E-state index contributed by atoms with van der Waals surface area (Å²) in [7, 11) is 0. The molecule has 4 heteroatoms. The smallest absolute Gasteiger partial charge is 0.169 e. The highest BCUT2D eigenvalue weighted by Gasteiger charge is 2.15. The van der Waals surface area contributed by atoms with Crippen molar-refractivity contribution in [2.24, 2.45) is 0 Å². The van der Waals surface area contributed by atoms with Gasteiger partial charge in [0.2, 0.25) is 0 Å². The Bertz CT molecular complexity index is 1290. The summed E-state index contributed by atoms with van der Waals surface area (Å²) in [6.45, 7) is 0. The average molecular weight is 424 g/mol. The number of phenolic OH excluding ortho intramolecular Hbond substituents is 3. The zero-order valence-corrected chi connectivity index (χ0v) is 17.6. The zero-order valence-electron chi connectivity index (χ0n) is 17.6. The maximum absolute atomic E-state index is 10.8. The summed E-state index contributed by atoms with van der Waals surface area (Å²) in [5.74, 6) is 1.51. The fourth-order valence-corrected chi connectivity index (χ4v) is 4.30. The van der Waals surface area contributed by atoms with Crippen LogP contribution in [-0.2, 0) is 25.7 Å². The summed E-state index contributed by atoms with van der Waals surface area (Å²) in [5.41, 5.74) is 5.38. The zero-order chi connectivity index (χ0) is 22.1. The van der Waals surface area contributed by atoms with Crippen LogP contribution in [0.2, 0.25) is 0 Å². The van der Waals surface area contributed by atoms with Gasteiger partial charge in [-0.3, -0.25) is 0 Å². The molecule has 2 aliphatic heterocycles. The quantitative estimate of drug-likeness (QED) is 0.317. The minimum absolute atomic E-state index is 0.100. The first kappa shape index (κ1) is 20.0. The predicted molar refractivity (Wildman–Crippen MR) is 125 cm³/mol. The lowest BCUT2D eigenvalue weighted by molar-refractivity contribution is 0.410. The third-order valence-corrected chi connectivity index (χ3v) is 6.00. The van der Waals surface area contributed by atoms with Crippen molar-refractivity contribution < 1.29 is 20.1 Å². The highest BCUT2D eigenvalue weighted by atomic mass is 16.5. The maximum atomic E-state index is 10.8. The number of fused-ring (bicyclic) bond motifs is 4. The molecule has 0 radical (unpaired) electrons. The van der Waals surface area contributed by atoms with Crippen molar-refractivity contribution >= 4 is 0 Å². The van der Waals surface area contributed by atoms with E-state index in [1.807, 2.05) is 60.7 Å². The number of hydrogen-bond acceptors (Lipinski definition) is 4. The molecule has 6 rings (SSSR count). The van der Waals surface area contributed by atoms with Gasteiger partial charge in [-0.15, -0.1) is 0 Å². The fourth-order valence-electron chi connectivity index (χ4n) is 4.30. The standard InChI is InChI=1S/C28H24O4/c29-24-14-11-20-8-7-19-10-13-23(26(31)16-19)28-21(4-2-6-25(28)30)12-9-18-3-1-5-22(15-18)32-27(24)17-20/h1-6,10-11,13-17,29-31H,7-9,12H2. The molecule has 0 unspecified atom stereocenters. The van der Waals surface area contributed by atoms with Gasteiger partial charge < -0.3 is 20.1 Å². The van der Waals surface area contributed by atoms with E-state index in [1.165, 1.54) is 0 Å². The predicted octanol–water partition coefficient (Wildman–Crippen LogP) is 6.15. The highest BCUT2D eigenvalue weighted by Crippen LogP contribution is 2.39. The Morgan fingerprint density at radius 3 is 2.12 bits per heavy atom. The lowest BCUT2D eigenvalue weighted by Gasteiger charge is -2.14. The highest BCUT2D eigenvalue weighted by molar-refractivity contribution is 5.78. The van der Waals surface area contributed by atoms with Crippen LogP contribution < -0.4 is 4.74 Å². The SMILES string of the molecule is Oc1ccc2cc1Oc1cccc(c1)CCc1cccc(O)c1-c1ccc(cc1O)CC2. The summed E-state index contributed by atoms with van der Waals surface area (Å²) in [4.78, 5) is 0. The van der Waals surface area contributed by atoms with Crippen LogP contribution in [0.3, 0.4) is 0 Å². The fraction of sp³-hybridized carbons (Fsp3) is 0.143. The van der Waals surface area contributed by atoms with E-state index in [-0.39, 0.29) is 17.2 Å². The lowest BCUT2D eigenvalue weighted by Crippen LogP contribution is -1.96. The van der Waals surface area contributed by atoms with Crippen LogP contribution in [0.25, 0.3) is 11.1 Å². The molecule has 0 aliphatic carbocycles. The minimum atomic E-state index is 0.100. The van der Waals surface area contributed by atoms with E-state index in [2.05, 4.69) is 0 Å². The Hall–Kier alpha value is -3.92. The van der Waals surface area contributed by atoms with E-state index in [9.17, 15) is 15.3 Å². The monoisotopic (exact) mass is 424 g/mol. The van der Waals surface area contributed by atoms with Crippen LogP contribution in [0.5, 0.6) is 28.7 Å². The van der Waals surface area contributed by atoms with Crippen molar-refractivity contribution in [1.29, 1.82) is 0 Å². The molecule has 32 heavy (non-hydrogen) atoms. The van der Waals surface area contributed by atoms with Gasteiger partial charge in [-0.2, -0.15) is 0 Å². The van der Waals surface area contributed by atoms with Crippen LogP contribution in [0.1, 0.15) is 22.3 Å². The molecule has 4 nitrogen and oxygen atoms in total. The van der Waals surface area contributed by atoms with Gasteiger partial charge in [0.25, 0.3) is 0 Å². The third-order valence-electron chi connectivity index (χ3n) is 6.00. The topological polar surface area (TPSA) is 69.9 Å². The largest absolute Gasteiger partial charge is 0.507 e. The summed E-state index contributed by atoms with van der Waals surface area (Å²) in [6.07, 6.45) is 2.88. The Labute approximate surface area is 187 Å². The summed E-state index contributed by atoms with van der Waals surface area (Å²) in [5, 5.41) is 31.7. The van der Waals surface area contributed by atoms with Crippen LogP contribution >= 0.6 is 0 Å². The Balaban J connectivity index is 1.62. The molecule has 0 atom stereocenters. The van der Waals surface area contributed by atoms with Gasteiger partial charge in [0.15, 0.2) is 11.5 Å². The van der Waals surface area contributed by atoms with Gasteiger partial charge in [-0.1, -0.05) is 42.5 Å². The first-order chi connectivity index (χ1) is 15.6. The van der Waals surface area contributed by atoms with Gasteiger partial charge in [-0.05, 0) is 84.3 Å². The molecule has 2 heterocycles. The molecule has 4 aromatic rings. The molecular formula is C28H24O4. The third kappa shape index (κ3) is 4.00. The van der Waals surface area contributed by atoms with Crippen molar-refractivity contribution in [3.63, 3.8) is 0 Å².